The molecule has 5 N–H and O–H groups in total. The summed E-state index contributed by atoms with van der Waals surface area (Å²) in [6, 6.07) is 36.3. The molecule has 0 atom stereocenters. The summed E-state index contributed by atoms with van der Waals surface area (Å²) in [5.74, 6) is -0.550. The van der Waals surface area contributed by atoms with Crippen LogP contribution in [0.15, 0.2) is 126 Å². The molecule has 0 aliphatic heterocycles. The van der Waals surface area contributed by atoms with Crippen molar-refractivity contribution in [3.8, 4) is 23.0 Å². The van der Waals surface area contributed by atoms with Gasteiger partial charge in [-0.05, 0) is 150 Å². The number of aromatic hydroxyl groups is 2. The lowest BCUT2D eigenvalue weighted by atomic mass is 9.99. The zero-order chi connectivity index (χ0) is 54.6. The highest BCUT2D eigenvalue weighted by Crippen LogP contribution is 2.32. The van der Waals surface area contributed by atoms with Crippen LogP contribution in [0, 0.1) is 20.8 Å². The van der Waals surface area contributed by atoms with Crippen molar-refractivity contribution in [2.24, 2.45) is 0 Å². The fourth-order valence-electron chi connectivity index (χ4n) is 7.37. The Morgan fingerprint density at radius 2 is 0.757 bits per heavy atom. The van der Waals surface area contributed by atoms with Crippen LogP contribution in [0.1, 0.15) is 92.7 Å². The van der Waals surface area contributed by atoms with Crippen LogP contribution >= 0.6 is 15.9 Å². The van der Waals surface area contributed by atoms with E-state index in [-0.39, 0.29) is 23.0 Å². The van der Waals surface area contributed by atoms with Gasteiger partial charge in [-0.2, -0.15) is 0 Å². The molecule has 74 heavy (non-hydrogen) atoms. The van der Waals surface area contributed by atoms with Crippen LogP contribution in [0.25, 0.3) is 43.1 Å². The lowest BCUT2D eigenvalue weighted by molar-refractivity contribution is 0.0516. The lowest BCUT2D eigenvalue weighted by Crippen LogP contribution is -2.05. The standard InChI is InChI=1S/C16H18O3.2C14H14O3.C13H11BrO3.CH5BO2/c1-4-18-15-10-13(16(17)19-5-2)9-12-8-11(3)6-7-14(12)15;1-3-17-13-8-11(14(15)16)7-10-6-9(2)4-5-12(10)13;1-3-17-14(16)11-7-10-6-9(2)4-5-12(10)13(15)8-11;1-2-17-13(16)9-5-8-6-10(14)3-4-11(8)12(15)7-9;1-2(3)4/h6-10H,4-5H2,1-3H3;4-8H,3H2,1-2H3,(H,15,16);4-8,15H,3H2,1-2H3;3-7,15H,2H2,1H3;3-4H,1H3. The smallest absolute Gasteiger partial charge is 0.448 e. The van der Waals surface area contributed by atoms with Gasteiger partial charge < -0.3 is 49.1 Å². The van der Waals surface area contributed by atoms with E-state index in [0.717, 1.165) is 64.6 Å². The molecule has 0 aliphatic carbocycles. The van der Waals surface area contributed by atoms with E-state index in [4.69, 9.17) is 38.8 Å². The van der Waals surface area contributed by atoms with E-state index in [2.05, 4.69) is 15.9 Å². The van der Waals surface area contributed by atoms with Crippen LogP contribution in [-0.2, 0) is 14.2 Å². The number of fused-ring (bicyclic) bond motifs is 4. The van der Waals surface area contributed by atoms with Crippen LogP contribution in [-0.4, -0.2) is 89.4 Å². The van der Waals surface area contributed by atoms with Gasteiger partial charge in [-0.15, -0.1) is 0 Å². The van der Waals surface area contributed by atoms with Gasteiger partial charge in [0, 0.05) is 26.0 Å². The molecule has 16 heteroatoms. The second-order valence-corrected chi connectivity index (χ2v) is 17.4. The monoisotopic (exact) mass is 1070 g/mol. The van der Waals surface area contributed by atoms with Gasteiger partial charge in [0.25, 0.3) is 0 Å². The van der Waals surface area contributed by atoms with Crippen LogP contribution in [0.3, 0.4) is 0 Å². The fraction of sp³-hybridized carbons (Fsp3) is 0.241. The van der Waals surface area contributed by atoms with Gasteiger partial charge in [0.05, 0.1) is 55.3 Å². The first-order chi connectivity index (χ1) is 35.2. The SMILES string of the molecule is CB(O)O.CCOC(=O)c1cc(O)c2ccc(Br)cc2c1.CCOC(=O)c1cc(O)c2ccc(C)cc2c1.CCOC(=O)c1cc(OCC)c2ccc(C)cc2c1.CCOc1cc(C(=O)O)cc2cc(C)ccc12. The number of aryl methyl sites for hydroxylation is 3. The van der Waals surface area contributed by atoms with E-state index in [1.165, 1.54) is 19.0 Å². The second kappa shape index (κ2) is 28.6. The summed E-state index contributed by atoms with van der Waals surface area (Å²) in [5, 5.41) is 50.9. The van der Waals surface area contributed by atoms with Crippen molar-refractivity contribution in [2.75, 3.05) is 33.0 Å². The minimum absolute atomic E-state index is 0.0815. The number of hydrogen-bond acceptors (Lipinski definition) is 13. The lowest BCUT2D eigenvalue weighted by Gasteiger charge is -2.11. The molecule has 0 radical (unpaired) electrons. The number of carbonyl (C=O) groups is 4. The van der Waals surface area contributed by atoms with Gasteiger partial charge in [0.1, 0.15) is 23.0 Å². The minimum atomic E-state index is -1.17. The van der Waals surface area contributed by atoms with Crippen molar-refractivity contribution < 1.29 is 68.2 Å². The number of phenols is 2. The molecule has 388 valence electrons. The first-order valence-corrected chi connectivity index (χ1v) is 24.6. The average Bonchev–Trinajstić information content (AvgIpc) is 3.34. The molecular formula is C58H62BBrO14. The van der Waals surface area contributed by atoms with Crippen molar-refractivity contribution >= 4 is 90.0 Å². The second-order valence-electron chi connectivity index (χ2n) is 16.4. The molecule has 8 aromatic carbocycles. The largest absolute Gasteiger partial charge is 0.507 e. The summed E-state index contributed by atoms with van der Waals surface area (Å²) in [6.45, 7) is 18.4. The predicted octanol–water partition coefficient (Wildman–Crippen LogP) is 12.6. The number of benzene rings is 8. The maximum atomic E-state index is 11.9. The normalized spacial score (nSPS) is 10.3. The summed E-state index contributed by atoms with van der Waals surface area (Å²) >= 11 is 3.35. The zero-order valence-electron chi connectivity index (χ0n) is 42.9. The number of rotatable bonds is 11. The van der Waals surface area contributed by atoms with Crippen LogP contribution in [0.2, 0.25) is 6.82 Å². The number of ether oxygens (including phenoxy) is 5. The highest BCUT2D eigenvalue weighted by Gasteiger charge is 2.15. The molecule has 0 unspecified atom stereocenters. The van der Waals surface area contributed by atoms with Gasteiger partial charge in [0.2, 0.25) is 0 Å². The molecule has 0 fully saturated rings. The van der Waals surface area contributed by atoms with Gasteiger partial charge in [-0.3, -0.25) is 0 Å². The number of aromatic carboxylic acids is 1. The van der Waals surface area contributed by atoms with Crippen molar-refractivity contribution in [2.45, 2.75) is 62.2 Å². The third kappa shape index (κ3) is 17.0. The molecule has 0 aliphatic rings. The minimum Gasteiger partial charge on any atom is -0.507 e. The Bertz CT molecular complexity index is 3140. The van der Waals surface area contributed by atoms with E-state index in [1.54, 1.807) is 57.2 Å². The molecule has 0 spiro atoms. The van der Waals surface area contributed by atoms with E-state index in [0.29, 0.717) is 60.9 Å². The molecule has 0 heterocycles. The summed E-state index contributed by atoms with van der Waals surface area (Å²) in [5.41, 5.74) is 4.85. The average molecular weight is 1070 g/mol. The number of carboxylic acids is 1. The molecule has 8 aromatic rings. The Morgan fingerprint density at radius 3 is 1.12 bits per heavy atom. The third-order valence-corrected chi connectivity index (χ3v) is 11.0. The van der Waals surface area contributed by atoms with Crippen molar-refractivity contribution in [1.29, 1.82) is 0 Å². The van der Waals surface area contributed by atoms with E-state index >= 15 is 0 Å². The van der Waals surface area contributed by atoms with Crippen molar-refractivity contribution in [1.82, 2.24) is 0 Å². The number of carboxylic acid groups (broad SMARTS) is 1. The Kier molecular flexibility index (Phi) is 22.7. The molecule has 0 saturated carbocycles. The quantitative estimate of drug-likeness (QED) is 0.0463. The van der Waals surface area contributed by atoms with Crippen molar-refractivity contribution in [3.63, 3.8) is 0 Å². The van der Waals surface area contributed by atoms with E-state index in [9.17, 15) is 29.4 Å². The number of phenolic OH excluding ortho intramolecular Hbond substituents is 2. The van der Waals surface area contributed by atoms with E-state index in [1.807, 2.05) is 107 Å². The highest BCUT2D eigenvalue weighted by molar-refractivity contribution is 9.10. The Morgan fingerprint density at radius 1 is 0.446 bits per heavy atom. The summed E-state index contributed by atoms with van der Waals surface area (Å²) in [6.07, 6.45) is 0. The fourth-order valence-corrected chi connectivity index (χ4v) is 7.75. The van der Waals surface area contributed by atoms with Gasteiger partial charge in [-0.25, -0.2) is 19.2 Å². The Hall–Kier alpha value is -7.66. The van der Waals surface area contributed by atoms with E-state index < -0.39 is 25.0 Å². The van der Waals surface area contributed by atoms with Gasteiger partial charge >= 0.3 is 31.0 Å². The highest BCUT2D eigenvalue weighted by atomic mass is 79.9. The molecule has 0 saturated heterocycles. The molecule has 0 aromatic heterocycles. The molecule has 0 bridgehead atoms. The summed E-state index contributed by atoms with van der Waals surface area (Å²) < 4.78 is 26.9. The predicted molar refractivity (Wildman–Crippen MR) is 294 cm³/mol. The maximum Gasteiger partial charge on any atom is 0.448 e. The topological polar surface area (TPSA) is 216 Å². The van der Waals surface area contributed by atoms with Crippen LogP contribution in [0.5, 0.6) is 23.0 Å². The Balaban J connectivity index is 0.000000208. The first kappa shape index (κ1) is 58.9. The molecule has 8 rings (SSSR count). The summed E-state index contributed by atoms with van der Waals surface area (Å²) in [7, 11) is -1.17. The number of carbonyl (C=O) groups excluding carboxylic acids is 3. The van der Waals surface area contributed by atoms with Crippen LogP contribution in [0.4, 0.5) is 0 Å². The maximum absolute atomic E-state index is 11.9. The van der Waals surface area contributed by atoms with Crippen molar-refractivity contribution in [3.05, 3.63) is 165 Å². The number of esters is 3. The third-order valence-electron chi connectivity index (χ3n) is 10.5. The van der Waals surface area contributed by atoms with Gasteiger partial charge in [-0.1, -0.05) is 87.2 Å². The van der Waals surface area contributed by atoms with Gasteiger partial charge in [0.15, 0.2) is 0 Å². The first-order valence-electron chi connectivity index (χ1n) is 23.8. The molecular weight excluding hydrogens is 1010 g/mol. The number of halogens is 1. The summed E-state index contributed by atoms with van der Waals surface area (Å²) in [4.78, 5) is 46.1. The Labute approximate surface area is 439 Å². The zero-order valence-corrected chi connectivity index (χ0v) is 44.5. The van der Waals surface area contributed by atoms with Crippen LogP contribution < -0.4 is 9.47 Å². The molecule has 14 nitrogen and oxygen atoms in total. The molecule has 0 amide bonds. The number of hydrogen-bond donors (Lipinski definition) is 5.